The molecule has 4 aromatic rings. The van der Waals surface area contributed by atoms with Crippen LogP contribution in [-0.2, 0) is 6.42 Å². The molecule has 1 aromatic heterocycles. The Morgan fingerprint density at radius 3 is 2.38 bits per heavy atom. The highest BCUT2D eigenvalue weighted by molar-refractivity contribution is 6.07. The number of nitro groups is 2. The second-order valence-electron chi connectivity index (χ2n) is 8.36. The molecular weight excluding hydrogens is 533 g/mol. The lowest BCUT2D eigenvalue weighted by molar-refractivity contribution is -0.523. The Balaban J connectivity index is 1.75. The summed E-state index contributed by atoms with van der Waals surface area (Å²) in [5, 5.41) is 44.7. The largest absolute Gasteiger partial charge is 0.598 e. The van der Waals surface area contributed by atoms with Crippen molar-refractivity contribution in [3.8, 4) is 5.75 Å². The first-order chi connectivity index (χ1) is 19.0. The molecule has 0 fully saturated rings. The number of nitro benzene ring substituents is 2. The Labute approximate surface area is 222 Å². The zero-order valence-electron chi connectivity index (χ0n) is 20.7. The monoisotopic (exact) mass is 551 g/mol. The van der Waals surface area contributed by atoms with Gasteiger partial charge < -0.3 is 10.1 Å². The minimum atomic E-state index is -1.03. The van der Waals surface area contributed by atoms with Crippen molar-refractivity contribution in [1.82, 2.24) is 10.2 Å². The van der Waals surface area contributed by atoms with Gasteiger partial charge in [0.25, 0.3) is 17.2 Å². The van der Waals surface area contributed by atoms with Gasteiger partial charge in [0.05, 0.1) is 26.5 Å². The third-order valence-corrected chi connectivity index (χ3v) is 5.78. The first-order valence-corrected chi connectivity index (χ1v) is 11.3. The molecule has 0 aliphatic carbocycles. The molecule has 3 aromatic carbocycles. The average molecular weight is 551 g/mol. The van der Waals surface area contributed by atoms with E-state index in [1.54, 1.807) is 24.3 Å². The molecule has 0 radical (unpaired) electrons. The number of hydroxylamine groups is 1. The van der Waals surface area contributed by atoms with E-state index in [1.165, 1.54) is 12.1 Å². The standard InChI is InChI=1S/C24H18FN7O8/c1-29(19-12-22(40-28-30(2)35)21(32(38)39)11-20(19)31(36)37)24(34)16-9-13(7-8-17(16)25)10-18-14-5-3-4-6-15(14)23(33)27-26-18/h3-9,11-12H,10H2,1-2H3,(H,27,33)/b30-28-. The van der Waals surface area contributed by atoms with Crippen LogP contribution in [0.15, 0.2) is 64.7 Å². The molecule has 0 atom stereocenters. The van der Waals surface area contributed by atoms with Gasteiger partial charge in [-0.05, 0) is 23.8 Å². The maximum atomic E-state index is 14.8. The lowest BCUT2D eigenvalue weighted by Gasteiger charge is -2.18. The summed E-state index contributed by atoms with van der Waals surface area (Å²) >= 11 is 0. The number of rotatable bonds is 8. The molecule has 1 N–H and O–H groups in total. The number of amides is 1. The van der Waals surface area contributed by atoms with Crippen LogP contribution in [0.5, 0.6) is 5.75 Å². The molecule has 1 heterocycles. The molecule has 0 saturated carbocycles. The van der Waals surface area contributed by atoms with Gasteiger partial charge in [-0.25, -0.2) is 9.49 Å². The third-order valence-electron chi connectivity index (χ3n) is 5.78. The number of anilines is 1. The molecule has 40 heavy (non-hydrogen) atoms. The van der Waals surface area contributed by atoms with Crippen molar-refractivity contribution in [2.75, 3.05) is 19.0 Å². The summed E-state index contributed by atoms with van der Waals surface area (Å²) in [6.07, 6.45) is 0.0987. The molecule has 1 amide bonds. The second-order valence-corrected chi connectivity index (χ2v) is 8.36. The van der Waals surface area contributed by atoms with Crippen molar-refractivity contribution in [3.63, 3.8) is 0 Å². The Morgan fingerprint density at radius 2 is 1.73 bits per heavy atom. The molecule has 0 aliphatic rings. The van der Waals surface area contributed by atoms with E-state index >= 15 is 0 Å². The summed E-state index contributed by atoms with van der Waals surface area (Å²) in [5.74, 6) is -2.64. The summed E-state index contributed by atoms with van der Waals surface area (Å²) in [6, 6.07) is 11.7. The summed E-state index contributed by atoms with van der Waals surface area (Å²) in [7, 11) is 2.02. The van der Waals surface area contributed by atoms with Crippen LogP contribution in [0.25, 0.3) is 10.8 Å². The van der Waals surface area contributed by atoms with Gasteiger partial charge in [0.15, 0.2) is 7.05 Å². The van der Waals surface area contributed by atoms with Crippen molar-refractivity contribution >= 4 is 33.7 Å². The molecule has 0 saturated heterocycles. The molecule has 0 bridgehead atoms. The van der Waals surface area contributed by atoms with Crippen LogP contribution in [0.3, 0.4) is 0 Å². The maximum absolute atomic E-state index is 14.8. The molecular formula is C24H18FN7O8. The quantitative estimate of drug-likeness (QED) is 0.147. The average Bonchev–Trinajstić information content (AvgIpc) is 2.93. The highest BCUT2D eigenvalue weighted by Crippen LogP contribution is 2.40. The van der Waals surface area contributed by atoms with E-state index < -0.39 is 55.5 Å². The Hall–Kier alpha value is -5.80. The van der Waals surface area contributed by atoms with Gasteiger partial charge in [-0.2, -0.15) is 5.10 Å². The van der Waals surface area contributed by atoms with Crippen LogP contribution in [0.4, 0.5) is 21.5 Å². The Bertz CT molecular complexity index is 1770. The third kappa shape index (κ3) is 5.40. The number of halogens is 1. The number of carbonyl (C=O) groups is 1. The van der Waals surface area contributed by atoms with Crippen molar-refractivity contribution in [3.05, 3.63) is 113 Å². The molecule has 16 heteroatoms. The predicted octanol–water partition coefficient (Wildman–Crippen LogP) is 3.63. The summed E-state index contributed by atoms with van der Waals surface area (Å²) in [4.78, 5) is 52.0. The number of carbonyl (C=O) groups excluding carboxylic acids is 1. The van der Waals surface area contributed by atoms with E-state index in [9.17, 15) is 39.4 Å². The van der Waals surface area contributed by atoms with Crippen LogP contribution >= 0.6 is 0 Å². The highest BCUT2D eigenvalue weighted by Gasteiger charge is 2.31. The fourth-order valence-corrected chi connectivity index (χ4v) is 3.91. The molecule has 0 spiro atoms. The van der Waals surface area contributed by atoms with Crippen molar-refractivity contribution in [2.45, 2.75) is 6.42 Å². The van der Waals surface area contributed by atoms with Crippen molar-refractivity contribution in [1.29, 1.82) is 0 Å². The van der Waals surface area contributed by atoms with Gasteiger partial charge in [-0.1, -0.05) is 29.1 Å². The molecule has 0 unspecified atom stereocenters. The van der Waals surface area contributed by atoms with Crippen LogP contribution in [0, 0.1) is 31.3 Å². The Morgan fingerprint density at radius 1 is 1.05 bits per heavy atom. The van der Waals surface area contributed by atoms with Crippen LogP contribution in [0.1, 0.15) is 21.6 Å². The topological polar surface area (TPSA) is 200 Å². The number of aromatic amines is 1. The van der Waals surface area contributed by atoms with Gasteiger partial charge in [0.2, 0.25) is 11.0 Å². The number of benzene rings is 3. The van der Waals surface area contributed by atoms with Gasteiger partial charge in [-0.15, -0.1) is 0 Å². The normalized spacial score (nSPS) is 11.3. The van der Waals surface area contributed by atoms with Gasteiger partial charge in [0.1, 0.15) is 17.6 Å². The zero-order valence-corrected chi connectivity index (χ0v) is 20.7. The van der Waals surface area contributed by atoms with Crippen LogP contribution < -0.4 is 15.3 Å². The van der Waals surface area contributed by atoms with Gasteiger partial charge in [0, 0.05) is 24.9 Å². The first-order valence-electron chi connectivity index (χ1n) is 11.3. The molecule has 204 valence electrons. The molecule has 15 nitrogen and oxygen atoms in total. The van der Waals surface area contributed by atoms with Crippen LogP contribution in [0.2, 0.25) is 0 Å². The first kappa shape index (κ1) is 27.2. The number of hydrogen-bond acceptors (Lipinski definition) is 10. The maximum Gasteiger partial charge on any atom is 0.321 e. The van der Waals surface area contributed by atoms with Gasteiger partial charge >= 0.3 is 5.69 Å². The smallest absolute Gasteiger partial charge is 0.321 e. The summed E-state index contributed by atoms with van der Waals surface area (Å²) < 4.78 is 14.8. The number of fused-ring (bicyclic) bond motifs is 1. The summed E-state index contributed by atoms with van der Waals surface area (Å²) in [6.45, 7) is 0. The zero-order chi connectivity index (χ0) is 29.1. The molecule has 4 rings (SSSR count). The van der Waals surface area contributed by atoms with Crippen molar-refractivity contribution < 1.29 is 28.7 Å². The van der Waals surface area contributed by atoms with E-state index in [1.807, 2.05) is 0 Å². The van der Waals surface area contributed by atoms with Crippen molar-refractivity contribution in [2.24, 2.45) is 5.28 Å². The van der Waals surface area contributed by atoms with E-state index in [-0.39, 0.29) is 11.3 Å². The number of aromatic nitrogens is 2. The fourth-order valence-electron chi connectivity index (χ4n) is 3.91. The minimum Gasteiger partial charge on any atom is -0.598 e. The molecule has 0 aliphatic heterocycles. The lowest BCUT2D eigenvalue weighted by Crippen LogP contribution is -2.28. The number of nitrogens with one attached hydrogen (secondary N) is 1. The SMILES string of the molecule is CN(C(=O)c1cc(Cc2n[nH]c(=O)c3ccccc23)ccc1F)c1cc(O/N=[N+](/C)[O-])c([N+](=O)[O-])cc1[N+](=O)[O-]. The Kier molecular flexibility index (Phi) is 7.42. The summed E-state index contributed by atoms with van der Waals surface area (Å²) in [5.41, 5.74) is -2.21. The van der Waals surface area contributed by atoms with Crippen LogP contribution in [-0.4, -0.2) is 44.9 Å². The minimum absolute atomic E-state index is 0.0546. The number of hydrogen-bond donors (Lipinski definition) is 1. The van der Waals surface area contributed by atoms with E-state index in [4.69, 9.17) is 4.84 Å². The number of H-pyrrole nitrogens is 1. The van der Waals surface area contributed by atoms with E-state index in [2.05, 4.69) is 15.5 Å². The highest BCUT2D eigenvalue weighted by atomic mass is 19.1. The van der Waals surface area contributed by atoms with Gasteiger partial charge in [-0.3, -0.25) is 34.7 Å². The van der Waals surface area contributed by atoms with E-state index in [0.29, 0.717) is 33.0 Å². The lowest BCUT2D eigenvalue weighted by atomic mass is 10.0. The second kappa shape index (κ2) is 10.9. The van der Waals surface area contributed by atoms with E-state index in [0.717, 1.165) is 26.2 Å². The number of nitrogens with zero attached hydrogens (tertiary/aromatic N) is 6. The fraction of sp³-hybridized carbons (Fsp3) is 0.125. The predicted molar refractivity (Wildman–Crippen MR) is 137 cm³/mol.